The molecule has 1 saturated heterocycles. The minimum absolute atomic E-state index is 0.359. The monoisotopic (exact) mass is 281 g/mol. The van der Waals surface area contributed by atoms with Gasteiger partial charge in [-0.15, -0.1) is 11.3 Å². The molecule has 0 bridgehead atoms. The molecule has 19 heavy (non-hydrogen) atoms. The Hall–Kier alpha value is -0.450. The predicted molar refractivity (Wildman–Crippen MR) is 82.9 cm³/mol. The van der Waals surface area contributed by atoms with Crippen LogP contribution in [0.3, 0.4) is 0 Å². The number of hydrogen-bond donors (Lipinski definition) is 1. The van der Waals surface area contributed by atoms with Gasteiger partial charge >= 0.3 is 0 Å². The summed E-state index contributed by atoms with van der Waals surface area (Å²) < 4.78 is 0. The van der Waals surface area contributed by atoms with Gasteiger partial charge in [-0.2, -0.15) is 0 Å². The van der Waals surface area contributed by atoms with Crippen molar-refractivity contribution in [3.8, 4) is 0 Å². The van der Waals surface area contributed by atoms with E-state index in [4.69, 9.17) is 0 Å². The van der Waals surface area contributed by atoms with Gasteiger partial charge in [-0.3, -0.25) is 4.90 Å². The normalized spacial score (nSPS) is 20.4. The van der Waals surface area contributed by atoms with Crippen LogP contribution in [0.4, 0.5) is 0 Å². The standard InChI is InChI=1S/C15H27N3S/c1-11(18-8-6-5-7-9-18)10-16-12(2)15-13(3)19-14(4)17-15/h11-12,16H,5-10H2,1-4H3. The van der Waals surface area contributed by atoms with E-state index in [-0.39, 0.29) is 0 Å². The minimum Gasteiger partial charge on any atom is -0.307 e. The van der Waals surface area contributed by atoms with E-state index in [0.29, 0.717) is 12.1 Å². The molecule has 108 valence electrons. The molecular weight excluding hydrogens is 254 g/mol. The van der Waals surface area contributed by atoms with Gasteiger partial charge in [0, 0.05) is 23.5 Å². The first-order chi connectivity index (χ1) is 9.08. The summed E-state index contributed by atoms with van der Waals surface area (Å²) in [7, 11) is 0. The summed E-state index contributed by atoms with van der Waals surface area (Å²) in [6, 6.07) is 0.986. The molecule has 4 heteroatoms. The first-order valence-electron chi connectivity index (χ1n) is 7.49. The lowest BCUT2D eigenvalue weighted by Crippen LogP contribution is -2.43. The van der Waals surface area contributed by atoms with E-state index in [2.05, 4.69) is 42.9 Å². The second kappa shape index (κ2) is 6.82. The molecule has 0 saturated carbocycles. The van der Waals surface area contributed by atoms with Gasteiger partial charge in [0.1, 0.15) is 0 Å². The summed E-state index contributed by atoms with van der Waals surface area (Å²) in [5.74, 6) is 0. The average Bonchev–Trinajstić information content (AvgIpc) is 2.75. The number of nitrogens with zero attached hydrogens (tertiary/aromatic N) is 2. The molecule has 0 amide bonds. The predicted octanol–water partition coefficient (Wildman–Crippen LogP) is 3.28. The highest BCUT2D eigenvalue weighted by molar-refractivity contribution is 7.11. The molecule has 1 aromatic heterocycles. The molecule has 1 fully saturated rings. The Labute approximate surface area is 121 Å². The van der Waals surface area contributed by atoms with Crippen LogP contribution in [-0.4, -0.2) is 35.6 Å². The lowest BCUT2D eigenvalue weighted by Gasteiger charge is -2.33. The van der Waals surface area contributed by atoms with Crippen molar-refractivity contribution >= 4 is 11.3 Å². The van der Waals surface area contributed by atoms with Crippen molar-refractivity contribution in [2.24, 2.45) is 0 Å². The van der Waals surface area contributed by atoms with Crippen LogP contribution in [0.2, 0.25) is 0 Å². The van der Waals surface area contributed by atoms with Crippen LogP contribution in [0.25, 0.3) is 0 Å². The highest BCUT2D eigenvalue weighted by Gasteiger charge is 2.18. The quantitative estimate of drug-likeness (QED) is 0.897. The lowest BCUT2D eigenvalue weighted by molar-refractivity contribution is 0.168. The van der Waals surface area contributed by atoms with E-state index < -0.39 is 0 Å². The molecule has 0 spiro atoms. The van der Waals surface area contributed by atoms with Crippen molar-refractivity contribution in [3.63, 3.8) is 0 Å². The van der Waals surface area contributed by atoms with Gasteiger partial charge in [-0.05, 0) is 53.6 Å². The second-order valence-corrected chi connectivity index (χ2v) is 7.16. The molecule has 2 rings (SSSR count). The lowest BCUT2D eigenvalue weighted by atomic mass is 10.1. The number of likely N-dealkylation sites (tertiary alicyclic amines) is 1. The van der Waals surface area contributed by atoms with Crippen LogP contribution in [0.5, 0.6) is 0 Å². The molecule has 0 aliphatic carbocycles. The number of thiazole rings is 1. The van der Waals surface area contributed by atoms with Crippen molar-refractivity contribution in [2.75, 3.05) is 19.6 Å². The van der Waals surface area contributed by atoms with E-state index in [1.54, 1.807) is 11.3 Å². The summed E-state index contributed by atoms with van der Waals surface area (Å²) in [6.07, 6.45) is 4.14. The van der Waals surface area contributed by atoms with Crippen molar-refractivity contribution < 1.29 is 0 Å². The zero-order valence-electron chi connectivity index (χ0n) is 12.7. The Morgan fingerprint density at radius 1 is 1.21 bits per heavy atom. The van der Waals surface area contributed by atoms with Gasteiger partial charge in [0.05, 0.1) is 10.7 Å². The van der Waals surface area contributed by atoms with Gasteiger partial charge in [-0.1, -0.05) is 6.42 Å². The van der Waals surface area contributed by atoms with Gasteiger partial charge in [0.2, 0.25) is 0 Å². The third-order valence-corrected chi connectivity index (χ3v) is 4.99. The summed E-state index contributed by atoms with van der Waals surface area (Å²) in [4.78, 5) is 8.61. The molecule has 3 nitrogen and oxygen atoms in total. The Kier molecular flexibility index (Phi) is 5.37. The van der Waals surface area contributed by atoms with Crippen LogP contribution in [0, 0.1) is 13.8 Å². The van der Waals surface area contributed by atoms with E-state index in [1.807, 2.05) is 0 Å². The molecule has 2 atom stereocenters. The van der Waals surface area contributed by atoms with Crippen molar-refractivity contribution in [1.29, 1.82) is 0 Å². The smallest absolute Gasteiger partial charge is 0.0900 e. The number of piperidine rings is 1. The minimum atomic E-state index is 0.359. The molecular formula is C15H27N3S. The van der Waals surface area contributed by atoms with Gasteiger partial charge in [0.15, 0.2) is 0 Å². The number of aryl methyl sites for hydroxylation is 2. The molecule has 1 aliphatic rings. The van der Waals surface area contributed by atoms with Crippen LogP contribution < -0.4 is 5.32 Å². The molecule has 1 N–H and O–H groups in total. The van der Waals surface area contributed by atoms with E-state index >= 15 is 0 Å². The fraction of sp³-hybridized carbons (Fsp3) is 0.800. The summed E-state index contributed by atoms with van der Waals surface area (Å²) in [5.41, 5.74) is 1.23. The summed E-state index contributed by atoms with van der Waals surface area (Å²) >= 11 is 1.80. The Morgan fingerprint density at radius 2 is 1.89 bits per heavy atom. The third-order valence-electron chi connectivity index (χ3n) is 4.08. The molecule has 0 radical (unpaired) electrons. The molecule has 2 heterocycles. The average molecular weight is 281 g/mol. The Balaban J connectivity index is 1.82. The summed E-state index contributed by atoms with van der Waals surface area (Å²) in [5, 5.41) is 4.82. The van der Waals surface area contributed by atoms with E-state index in [9.17, 15) is 0 Å². The first kappa shape index (κ1) is 14.9. The van der Waals surface area contributed by atoms with Crippen LogP contribution in [0.1, 0.15) is 54.7 Å². The van der Waals surface area contributed by atoms with Crippen molar-refractivity contribution in [3.05, 3.63) is 15.6 Å². The highest BCUT2D eigenvalue weighted by Crippen LogP contribution is 2.22. The molecule has 0 aromatic carbocycles. The Morgan fingerprint density at radius 3 is 2.47 bits per heavy atom. The number of rotatable bonds is 5. The van der Waals surface area contributed by atoms with Crippen LogP contribution in [0.15, 0.2) is 0 Å². The van der Waals surface area contributed by atoms with E-state index in [1.165, 1.54) is 47.9 Å². The van der Waals surface area contributed by atoms with E-state index in [0.717, 1.165) is 6.54 Å². The number of hydrogen-bond acceptors (Lipinski definition) is 4. The summed E-state index contributed by atoms with van der Waals surface area (Å²) in [6.45, 7) is 12.4. The topological polar surface area (TPSA) is 28.2 Å². The van der Waals surface area contributed by atoms with Crippen molar-refractivity contribution in [1.82, 2.24) is 15.2 Å². The van der Waals surface area contributed by atoms with Crippen LogP contribution in [-0.2, 0) is 0 Å². The zero-order valence-corrected chi connectivity index (χ0v) is 13.5. The molecule has 1 aromatic rings. The Bertz CT molecular complexity index is 396. The fourth-order valence-electron chi connectivity index (χ4n) is 2.88. The van der Waals surface area contributed by atoms with Crippen molar-refractivity contribution in [2.45, 2.75) is 59.0 Å². The largest absolute Gasteiger partial charge is 0.307 e. The van der Waals surface area contributed by atoms with Crippen LogP contribution >= 0.6 is 11.3 Å². The zero-order chi connectivity index (χ0) is 13.8. The van der Waals surface area contributed by atoms with Gasteiger partial charge < -0.3 is 5.32 Å². The first-order valence-corrected chi connectivity index (χ1v) is 8.31. The highest BCUT2D eigenvalue weighted by atomic mass is 32.1. The number of nitrogens with one attached hydrogen (secondary N) is 1. The third kappa shape index (κ3) is 4.01. The maximum atomic E-state index is 4.64. The number of aromatic nitrogens is 1. The molecule has 2 unspecified atom stereocenters. The van der Waals surface area contributed by atoms with Gasteiger partial charge in [-0.25, -0.2) is 4.98 Å². The maximum absolute atomic E-state index is 4.64. The fourth-order valence-corrected chi connectivity index (χ4v) is 3.79. The SMILES string of the molecule is Cc1nc(C(C)NCC(C)N2CCCCC2)c(C)s1. The van der Waals surface area contributed by atoms with Gasteiger partial charge in [0.25, 0.3) is 0 Å². The second-order valence-electron chi connectivity index (χ2n) is 5.75. The molecule has 1 aliphatic heterocycles. The maximum Gasteiger partial charge on any atom is 0.0900 e.